The SMILES string of the molecule is C#Cc1c(F)ccc2cc(O)cc(-c3ncc4c(N5CC6CCC(COC)(C5)N6)nc(OCC56CC(=C)CN5CC(=C)C6)nc4c3F)c12. The third-order valence-electron chi connectivity index (χ3n) is 10.4. The van der Waals surface area contributed by atoms with Crippen molar-refractivity contribution in [2.75, 3.05) is 51.4 Å². The number of rotatable bonds is 7. The lowest BCUT2D eigenvalue weighted by molar-refractivity contribution is 0.107. The Hall–Kier alpha value is -4.63. The van der Waals surface area contributed by atoms with Gasteiger partial charge in [-0.3, -0.25) is 9.88 Å². The van der Waals surface area contributed by atoms with Crippen molar-refractivity contribution in [3.05, 3.63) is 72.0 Å². The van der Waals surface area contributed by atoms with Crippen LogP contribution < -0.4 is 15.0 Å². The predicted octanol–water partition coefficient (Wildman–Crippen LogP) is 5.11. The molecule has 0 saturated carbocycles. The number of fused-ring (bicyclic) bond motifs is 5. The van der Waals surface area contributed by atoms with Gasteiger partial charge in [0.05, 0.1) is 28.6 Å². The van der Waals surface area contributed by atoms with Gasteiger partial charge in [-0.05, 0) is 49.3 Å². The molecule has 2 unspecified atom stereocenters. The van der Waals surface area contributed by atoms with E-state index in [1.165, 1.54) is 30.5 Å². The molecule has 11 heteroatoms. The molecule has 4 fully saturated rings. The number of halogens is 2. The average Bonchev–Trinajstić information content (AvgIpc) is 3.64. The van der Waals surface area contributed by atoms with Gasteiger partial charge in [-0.2, -0.15) is 9.97 Å². The lowest BCUT2D eigenvalue weighted by Crippen LogP contribution is -2.61. The van der Waals surface area contributed by atoms with Crippen molar-refractivity contribution in [1.29, 1.82) is 0 Å². The zero-order valence-corrected chi connectivity index (χ0v) is 26.8. The summed E-state index contributed by atoms with van der Waals surface area (Å²) in [6.45, 7) is 12.0. The van der Waals surface area contributed by atoms with Crippen LogP contribution in [0, 0.1) is 24.0 Å². The van der Waals surface area contributed by atoms with Gasteiger partial charge in [0.1, 0.15) is 35.2 Å². The minimum atomic E-state index is -0.756. The van der Waals surface area contributed by atoms with Crippen molar-refractivity contribution in [3.63, 3.8) is 0 Å². The highest BCUT2D eigenvalue weighted by Crippen LogP contribution is 2.44. The van der Waals surface area contributed by atoms with Gasteiger partial charge >= 0.3 is 6.01 Å². The van der Waals surface area contributed by atoms with Crippen LogP contribution in [-0.2, 0) is 4.74 Å². The monoisotopic (exact) mass is 650 g/mol. The standard InChI is InChI=1S/C37H36F2N6O3/c1-5-26-29(38)7-6-23-10-25(46)11-27(30(23)26)32-31(39)33-28(14-40-32)34(44-17-24-8-9-36(18-44,43-24)19-47-4)42-35(41-33)48-20-37-12-21(2)15-45(37)16-22(3)13-37/h1,6-7,10-11,14,24,43,46H,2-3,8-9,12-13,15-20H2,4H3. The van der Waals surface area contributed by atoms with Crippen LogP contribution in [0.25, 0.3) is 32.9 Å². The molecule has 246 valence electrons. The number of aromatic nitrogens is 3. The van der Waals surface area contributed by atoms with Crippen LogP contribution in [0.2, 0.25) is 0 Å². The topological polar surface area (TPSA) is 95.9 Å². The zero-order chi connectivity index (χ0) is 33.4. The number of piperazine rings is 1. The third-order valence-corrected chi connectivity index (χ3v) is 10.4. The summed E-state index contributed by atoms with van der Waals surface area (Å²) in [6.07, 6.45) is 10.7. The van der Waals surface area contributed by atoms with E-state index in [-0.39, 0.29) is 63.2 Å². The molecule has 2 aromatic heterocycles. The van der Waals surface area contributed by atoms with Crippen molar-refractivity contribution < 1.29 is 23.4 Å². The Morgan fingerprint density at radius 3 is 2.69 bits per heavy atom. The van der Waals surface area contributed by atoms with E-state index >= 15 is 4.39 Å². The van der Waals surface area contributed by atoms with Crippen LogP contribution in [0.3, 0.4) is 0 Å². The molecule has 2 atom stereocenters. The van der Waals surface area contributed by atoms with Crippen molar-refractivity contribution >= 4 is 27.5 Å². The Morgan fingerprint density at radius 1 is 1.15 bits per heavy atom. The molecule has 8 rings (SSSR count). The second-order valence-electron chi connectivity index (χ2n) is 13.9. The second kappa shape index (κ2) is 11.2. The minimum absolute atomic E-state index is 0.00263. The predicted molar refractivity (Wildman–Crippen MR) is 180 cm³/mol. The van der Waals surface area contributed by atoms with Gasteiger partial charge < -0.3 is 24.8 Å². The maximum absolute atomic E-state index is 17.0. The number of terminal acetylenes is 1. The van der Waals surface area contributed by atoms with E-state index in [9.17, 15) is 9.50 Å². The van der Waals surface area contributed by atoms with Gasteiger partial charge in [0, 0.05) is 56.5 Å². The van der Waals surface area contributed by atoms with Crippen LogP contribution in [0.4, 0.5) is 14.6 Å². The molecule has 4 aliphatic rings. The first-order chi connectivity index (χ1) is 23.1. The van der Waals surface area contributed by atoms with Crippen LogP contribution in [0.15, 0.2) is 54.8 Å². The molecule has 4 aliphatic heterocycles. The van der Waals surface area contributed by atoms with Gasteiger partial charge in [-0.1, -0.05) is 36.3 Å². The Kier molecular flexibility index (Phi) is 7.18. The smallest absolute Gasteiger partial charge is 0.319 e. The lowest BCUT2D eigenvalue weighted by Gasteiger charge is -2.41. The summed E-state index contributed by atoms with van der Waals surface area (Å²) < 4.78 is 43.9. The van der Waals surface area contributed by atoms with Gasteiger partial charge in [0.15, 0.2) is 5.82 Å². The number of phenols is 1. The van der Waals surface area contributed by atoms with E-state index in [0.717, 1.165) is 49.9 Å². The second-order valence-corrected chi connectivity index (χ2v) is 13.9. The van der Waals surface area contributed by atoms with Gasteiger partial charge in [0.2, 0.25) is 0 Å². The molecular formula is C37H36F2N6O3. The summed E-state index contributed by atoms with van der Waals surface area (Å²) in [7, 11) is 1.69. The van der Waals surface area contributed by atoms with E-state index in [1.807, 2.05) is 0 Å². The van der Waals surface area contributed by atoms with E-state index in [4.69, 9.17) is 20.9 Å². The fourth-order valence-corrected chi connectivity index (χ4v) is 8.50. The van der Waals surface area contributed by atoms with E-state index in [0.29, 0.717) is 36.3 Å². The summed E-state index contributed by atoms with van der Waals surface area (Å²) >= 11 is 0. The first-order valence-electron chi connectivity index (χ1n) is 16.1. The molecule has 2 N–H and O–H groups in total. The molecule has 6 heterocycles. The van der Waals surface area contributed by atoms with Crippen LogP contribution in [0.1, 0.15) is 31.2 Å². The molecule has 0 spiro atoms. The van der Waals surface area contributed by atoms with Gasteiger partial charge in [0.25, 0.3) is 0 Å². The van der Waals surface area contributed by atoms with E-state index < -0.39 is 11.6 Å². The highest BCUT2D eigenvalue weighted by Gasteiger charge is 2.48. The van der Waals surface area contributed by atoms with Crippen LogP contribution >= 0.6 is 0 Å². The van der Waals surface area contributed by atoms with Crippen molar-refractivity contribution in [1.82, 2.24) is 25.2 Å². The number of nitrogens with zero attached hydrogens (tertiary/aromatic N) is 5. The average molecular weight is 651 g/mol. The molecule has 4 aromatic rings. The Balaban J connectivity index is 1.28. The number of hydrogen-bond donors (Lipinski definition) is 2. The molecule has 9 nitrogen and oxygen atoms in total. The van der Waals surface area contributed by atoms with Crippen molar-refractivity contribution in [2.24, 2.45) is 0 Å². The number of benzene rings is 2. The molecule has 2 aromatic carbocycles. The summed E-state index contributed by atoms with van der Waals surface area (Å²) in [5.41, 5.74) is 1.68. The highest BCUT2D eigenvalue weighted by atomic mass is 19.1. The summed E-state index contributed by atoms with van der Waals surface area (Å²) in [6, 6.07) is 5.77. The lowest BCUT2D eigenvalue weighted by atomic mass is 9.92. The molecule has 4 saturated heterocycles. The minimum Gasteiger partial charge on any atom is -0.508 e. The van der Waals surface area contributed by atoms with Crippen molar-refractivity contribution in [3.8, 4) is 35.4 Å². The fourth-order valence-electron chi connectivity index (χ4n) is 8.50. The number of methoxy groups -OCH3 is 1. The largest absolute Gasteiger partial charge is 0.508 e. The molecule has 0 radical (unpaired) electrons. The first kappa shape index (κ1) is 30.7. The number of aromatic hydroxyl groups is 1. The van der Waals surface area contributed by atoms with Gasteiger partial charge in [-0.15, -0.1) is 6.42 Å². The van der Waals surface area contributed by atoms with E-state index in [1.54, 1.807) is 7.11 Å². The maximum Gasteiger partial charge on any atom is 0.319 e. The Morgan fingerprint density at radius 2 is 1.94 bits per heavy atom. The van der Waals surface area contributed by atoms with Crippen LogP contribution in [-0.4, -0.2) is 88.6 Å². The first-order valence-corrected chi connectivity index (χ1v) is 16.1. The number of phenolic OH excluding ortho intramolecular Hbond substituents is 1. The summed E-state index contributed by atoms with van der Waals surface area (Å²) in [5, 5.41) is 15.4. The van der Waals surface area contributed by atoms with E-state index in [2.05, 4.69) is 44.2 Å². The van der Waals surface area contributed by atoms with Crippen LogP contribution in [0.5, 0.6) is 11.8 Å². The number of ether oxygens (including phenoxy) is 2. The van der Waals surface area contributed by atoms with Gasteiger partial charge in [-0.25, -0.2) is 8.78 Å². The zero-order valence-electron chi connectivity index (χ0n) is 26.8. The number of anilines is 1. The fraction of sp³-hybridized carbons (Fsp3) is 0.378. The third kappa shape index (κ3) is 4.89. The number of nitrogens with one attached hydrogen (secondary N) is 1. The van der Waals surface area contributed by atoms with Crippen molar-refractivity contribution in [2.45, 2.75) is 42.8 Å². The summed E-state index contributed by atoms with van der Waals surface area (Å²) in [4.78, 5) is 18.6. The molecule has 0 amide bonds. The normalized spacial score (nSPS) is 23.3. The highest BCUT2D eigenvalue weighted by molar-refractivity contribution is 6.03. The number of pyridine rings is 1. The molecular weight excluding hydrogens is 614 g/mol. The Labute approximate surface area is 277 Å². The summed E-state index contributed by atoms with van der Waals surface area (Å²) in [5.74, 6) is 1.38. The quantitative estimate of drug-likeness (QED) is 0.209. The number of hydrogen-bond acceptors (Lipinski definition) is 9. The molecule has 48 heavy (non-hydrogen) atoms. The Bertz CT molecular complexity index is 2050. The molecule has 0 aliphatic carbocycles. The maximum atomic E-state index is 17.0. The molecule has 2 bridgehead atoms.